The van der Waals surface area contributed by atoms with Gasteiger partial charge in [0, 0.05) is 18.3 Å². The van der Waals surface area contributed by atoms with Crippen LogP contribution in [0.15, 0.2) is 35.1 Å². The van der Waals surface area contributed by atoms with Crippen molar-refractivity contribution in [3.8, 4) is 5.75 Å². The highest BCUT2D eigenvalue weighted by Gasteiger charge is 2.17. The molecule has 3 heterocycles. The van der Waals surface area contributed by atoms with Crippen LogP contribution >= 0.6 is 11.3 Å². The second-order valence-corrected chi connectivity index (χ2v) is 7.34. The van der Waals surface area contributed by atoms with E-state index in [2.05, 4.69) is 20.6 Å². The largest absolute Gasteiger partial charge is 0.494 e. The average Bonchev–Trinajstić information content (AvgIpc) is 3.34. The van der Waals surface area contributed by atoms with Crippen molar-refractivity contribution >= 4 is 33.1 Å². The van der Waals surface area contributed by atoms with E-state index < -0.39 is 0 Å². The van der Waals surface area contributed by atoms with E-state index in [1.54, 1.807) is 35.4 Å². The van der Waals surface area contributed by atoms with Crippen LogP contribution in [0, 0.1) is 13.8 Å². The summed E-state index contributed by atoms with van der Waals surface area (Å²) in [4.78, 5) is 17.0. The van der Waals surface area contributed by atoms with Gasteiger partial charge < -0.3 is 14.6 Å². The van der Waals surface area contributed by atoms with Gasteiger partial charge in [-0.2, -0.15) is 5.10 Å². The van der Waals surface area contributed by atoms with Crippen LogP contribution in [0.4, 0.5) is 5.69 Å². The van der Waals surface area contributed by atoms with E-state index in [0.29, 0.717) is 23.7 Å². The Morgan fingerprint density at radius 1 is 1.33 bits per heavy atom. The number of hydrogen-bond donors (Lipinski definition) is 1. The van der Waals surface area contributed by atoms with Gasteiger partial charge in [0.25, 0.3) is 5.91 Å². The van der Waals surface area contributed by atoms with Crippen LogP contribution in [-0.4, -0.2) is 32.9 Å². The average molecular weight is 383 g/mol. The summed E-state index contributed by atoms with van der Waals surface area (Å²) in [5, 5.41) is 11.8. The lowest BCUT2D eigenvalue weighted by Gasteiger charge is -2.09. The maximum Gasteiger partial charge on any atom is 0.277 e. The second kappa shape index (κ2) is 6.84. The number of aromatic nitrogens is 4. The molecule has 1 N–H and O–H groups in total. The van der Waals surface area contributed by atoms with E-state index >= 15 is 0 Å². The molecule has 0 bridgehead atoms. The lowest BCUT2D eigenvalue weighted by molar-refractivity contribution is 0.101. The van der Waals surface area contributed by atoms with Crippen molar-refractivity contribution in [3.63, 3.8) is 0 Å². The van der Waals surface area contributed by atoms with Crippen LogP contribution in [0.1, 0.15) is 26.8 Å². The van der Waals surface area contributed by atoms with Gasteiger partial charge in [-0.1, -0.05) is 5.16 Å². The molecule has 138 valence electrons. The van der Waals surface area contributed by atoms with Crippen LogP contribution in [0.3, 0.4) is 0 Å². The van der Waals surface area contributed by atoms with E-state index in [-0.39, 0.29) is 11.6 Å². The number of ether oxygens (including phenoxy) is 1. The number of carbonyl (C=O) groups is 1. The molecular formula is C18H17N5O3S. The number of amides is 1. The van der Waals surface area contributed by atoms with E-state index in [1.807, 2.05) is 32.2 Å². The smallest absolute Gasteiger partial charge is 0.277 e. The maximum absolute atomic E-state index is 12.6. The number of methoxy groups -OCH3 is 1. The normalized spacial score (nSPS) is 11.1. The van der Waals surface area contributed by atoms with Crippen molar-refractivity contribution in [3.05, 3.63) is 52.6 Å². The van der Waals surface area contributed by atoms with Crippen LogP contribution < -0.4 is 10.1 Å². The lowest BCUT2D eigenvalue weighted by Crippen LogP contribution is -2.13. The standard InChI is InChI=1S/C18H17N5O3S/c1-10-7-19-23(8-10)9-12-4-15(22-26-12)18(24)21-13-6-17-14(5-16(13)25-3)20-11(2)27-17/h4-8H,9H2,1-3H3,(H,21,24). The SMILES string of the molecule is COc1cc2nc(C)sc2cc1NC(=O)c1cc(Cn2cc(C)cn2)on1. The van der Waals surface area contributed by atoms with E-state index in [0.717, 1.165) is 20.8 Å². The number of rotatable bonds is 5. The molecule has 0 atom stereocenters. The predicted molar refractivity (Wildman–Crippen MR) is 101 cm³/mol. The molecule has 27 heavy (non-hydrogen) atoms. The lowest BCUT2D eigenvalue weighted by atomic mass is 10.2. The fraction of sp³-hybridized carbons (Fsp3) is 0.222. The van der Waals surface area contributed by atoms with E-state index in [1.165, 1.54) is 0 Å². The van der Waals surface area contributed by atoms with Gasteiger partial charge in [-0.15, -0.1) is 11.3 Å². The molecule has 3 aromatic heterocycles. The minimum Gasteiger partial charge on any atom is -0.494 e. The molecule has 8 nitrogen and oxygen atoms in total. The van der Waals surface area contributed by atoms with E-state index in [9.17, 15) is 4.79 Å². The zero-order valence-corrected chi connectivity index (χ0v) is 15.8. The Labute approximate surface area is 158 Å². The topological polar surface area (TPSA) is 95.1 Å². The first-order valence-corrected chi connectivity index (χ1v) is 9.04. The molecule has 4 aromatic rings. The van der Waals surface area contributed by atoms with Crippen LogP contribution in [0.5, 0.6) is 5.75 Å². The number of thiazole rings is 1. The molecular weight excluding hydrogens is 366 g/mol. The van der Waals surface area contributed by atoms with Crippen LogP contribution in [0.2, 0.25) is 0 Å². The Balaban J connectivity index is 1.54. The van der Waals surface area contributed by atoms with Crippen molar-refractivity contribution in [2.45, 2.75) is 20.4 Å². The third-order valence-electron chi connectivity index (χ3n) is 3.94. The number of nitrogens with zero attached hydrogens (tertiary/aromatic N) is 4. The second-order valence-electron chi connectivity index (χ2n) is 6.10. The molecule has 1 amide bonds. The summed E-state index contributed by atoms with van der Waals surface area (Å²) < 4.78 is 13.3. The number of hydrogen-bond acceptors (Lipinski definition) is 7. The third-order valence-corrected chi connectivity index (χ3v) is 4.87. The fourth-order valence-corrected chi connectivity index (χ4v) is 3.58. The van der Waals surface area contributed by atoms with Crippen LogP contribution in [-0.2, 0) is 6.54 Å². The van der Waals surface area contributed by atoms with Gasteiger partial charge in [-0.3, -0.25) is 9.48 Å². The molecule has 0 saturated heterocycles. The van der Waals surface area contributed by atoms with Gasteiger partial charge in [-0.05, 0) is 25.5 Å². The first-order chi connectivity index (χ1) is 13.0. The first kappa shape index (κ1) is 17.2. The first-order valence-electron chi connectivity index (χ1n) is 8.23. The molecule has 0 fully saturated rings. The molecule has 0 aliphatic heterocycles. The Bertz CT molecular complexity index is 1130. The highest BCUT2D eigenvalue weighted by molar-refractivity contribution is 7.18. The summed E-state index contributed by atoms with van der Waals surface area (Å²) >= 11 is 1.55. The van der Waals surface area contributed by atoms with Crippen molar-refractivity contribution in [2.75, 3.05) is 12.4 Å². The van der Waals surface area contributed by atoms with Crippen LogP contribution in [0.25, 0.3) is 10.2 Å². The summed E-state index contributed by atoms with van der Waals surface area (Å²) in [6, 6.07) is 5.27. The van der Waals surface area contributed by atoms with Crippen molar-refractivity contribution in [2.24, 2.45) is 0 Å². The zero-order valence-electron chi connectivity index (χ0n) is 15.0. The van der Waals surface area contributed by atoms with Crippen molar-refractivity contribution < 1.29 is 14.1 Å². The predicted octanol–water partition coefficient (Wildman–Crippen LogP) is 3.41. The highest BCUT2D eigenvalue weighted by atomic mass is 32.1. The van der Waals surface area contributed by atoms with E-state index in [4.69, 9.17) is 9.26 Å². The molecule has 0 aliphatic carbocycles. The summed E-state index contributed by atoms with van der Waals surface area (Å²) in [6.07, 6.45) is 3.65. The number of anilines is 1. The summed E-state index contributed by atoms with van der Waals surface area (Å²) in [5.74, 6) is 0.709. The maximum atomic E-state index is 12.6. The number of aryl methyl sites for hydroxylation is 2. The number of benzene rings is 1. The molecule has 0 radical (unpaired) electrons. The number of fused-ring (bicyclic) bond motifs is 1. The molecule has 0 aliphatic rings. The highest BCUT2D eigenvalue weighted by Crippen LogP contribution is 2.33. The summed E-state index contributed by atoms with van der Waals surface area (Å²) in [7, 11) is 1.55. The minimum atomic E-state index is -0.375. The molecule has 9 heteroatoms. The number of nitrogens with one attached hydrogen (secondary N) is 1. The van der Waals surface area contributed by atoms with Gasteiger partial charge in [0.2, 0.25) is 0 Å². The summed E-state index contributed by atoms with van der Waals surface area (Å²) in [6.45, 7) is 4.30. The Hall–Kier alpha value is -3.20. The summed E-state index contributed by atoms with van der Waals surface area (Å²) in [5.41, 5.74) is 2.64. The number of carbonyl (C=O) groups excluding carboxylic acids is 1. The quantitative estimate of drug-likeness (QED) is 0.567. The molecule has 1 aromatic carbocycles. The Kier molecular flexibility index (Phi) is 4.36. The third kappa shape index (κ3) is 3.54. The van der Waals surface area contributed by atoms with Gasteiger partial charge in [0.05, 0.1) is 34.2 Å². The molecule has 0 saturated carbocycles. The zero-order chi connectivity index (χ0) is 19.0. The van der Waals surface area contributed by atoms with Gasteiger partial charge >= 0.3 is 0 Å². The minimum absolute atomic E-state index is 0.191. The fourth-order valence-electron chi connectivity index (χ4n) is 2.73. The molecule has 0 unspecified atom stereocenters. The van der Waals surface area contributed by atoms with Crippen molar-refractivity contribution in [1.29, 1.82) is 0 Å². The van der Waals surface area contributed by atoms with Gasteiger partial charge in [0.1, 0.15) is 12.3 Å². The monoisotopic (exact) mass is 383 g/mol. The van der Waals surface area contributed by atoms with Gasteiger partial charge in [0.15, 0.2) is 11.5 Å². The Morgan fingerprint density at radius 2 is 2.19 bits per heavy atom. The Morgan fingerprint density at radius 3 is 2.93 bits per heavy atom. The van der Waals surface area contributed by atoms with Gasteiger partial charge in [-0.25, -0.2) is 4.98 Å². The van der Waals surface area contributed by atoms with Crippen molar-refractivity contribution in [1.82, 2.24) is 19.9 Å². The molecule has 0 spiro atoms. The molecule has 4 rings (SSSR count).